The summed E-state index contributed by atoms with van der Waals surface area (Å²) in [6, 6.07) is 6.82. The Morgan fingerprint density at radius 1 is 1.50 bits per heavy atom. The third kappa shape index (κ3) is 2.47. The second kappa shape index (κ2) is 4.74. The first-order valence-corrected chi connectivity index (χ1v) is 5.97. The lowest BCUT2D eigenvalue weighted by molar-refractivity contribution is 0.322. The summed E-state index contributed by atoms with van der Waals surface area (Å²) in [5, 5.41) is 3.49. The Bertz CT molecular complexity index is 362. The Morgan fingerprint density at radius 2 is 2.31 bits per heavy atom. The number of nitrogens with one attached hydrogen (secondary N) is 1. The molecule has 0 saturated carbocycles. The minimum atomic E-state index is 0.679. The third-order valence-corrected chi connectivity index (χ3v) is 3.48. The predicted molar refractivity (Wildman–Crippen MR) is 69.7 cm³/mol. The molecule has 0 aromatic heterocycles. The van der Waals surface area contributed by atoms with Crippen LogP contribution in [0.2, 0.25) is 0 Å². The molecule has 88 valence electrons. The molecule has 1 aromatic carbocycles. The molecule has 1 aliphatic heterocycles. The van der Waals surface area contributed by atoms with Gasteiger partial charge in [-0.15, -0.1) is 0 Å². The summed E-state index contributed by atoms with van der Waals surface area (Å²) in [6.07, 6.45) is 2.63. The van der Waals surface area contributed by atoms with E-state index in [1.165, 1.54) is 25.1 Å². The van der Waals surface area contributed by atoms with Crippen LogP contribution in [0.5, 0.6) is 0 Å². The lowest BCUT2D eigenvalue weighted by Gasteiger charge is -2.20. The van der Waals surface area contributed by atoms with Crippen molar-refractivity contribution in [1.82, 2.24) is 4.90 Å². The zero-order valence-electron chi connectivity index (χ0n) is 10.2. The van der Waals surface area contributed by atoms with Crippen molar-refractivity contribution in [3.8, 4) is 0 Å². The van der Waals surface area contributed by atoms with Gasteiger partial charge in [0.2, 0.25) is 0 Å². The standard InChI is InChI=1S/C13H21N3/c1-10-8-11(5-6-13(10)14)15-9-12-4-3-7-16(12)2/h5-6,8,12,15H,3-4,7,9,14H2,1-2H3. The molecule has 16 heavy (non-hydrogen) atoms. The van der Waals surface area contributed by atoms with Gasteiger partial charge in [-0.3, -0.25) is 0 Å². The number of nitrogens with two attached hydrogens (primary N) is 1. The summed E-state index contributed by atoms with van der Waals surface area (Å²) >= 11 is 0. The van der Waals surface area contributed by atoms with E-state index in [1.807, 2.05) is 13.0 Å². The molecule has 1 aromatic rings. The van der Waals surface area contributed by atoms with Crippen LogP contribution in [0.3, 0.4) is 0 Å². The maximum Gasteiger partial charge on any atom is 0.0345 e. The van der Waals surface area contributed by atoms with Gasteiger partial charge in [-0.2, -0.15) is 0 Å². The average Bonchev–Trinajstić information content (AvgIpc) is 2.66. The first kappa shape index (κ1) is 11.3. The van der Waals surface area contributed by atoms with E-state index in [2.05, 4.69) is 29.4 Å². The molecule has 1 atom stereocenters. The van der Waals surface area contributed by atoms with Crippen molar-refractivity contribution >= 4 is 11.4 Å². The average molecular weight is 219 g/mol. The number of likely N-dealkylation sites (tertiary alicyclic amines) is 1. The van der Waals surface area contributed by atoms with E-state index < -0.39 is 0 Å². The number of aryl methyl sites for hydroxylation is 1. The second-order valence-electron chi connectivity index (χ2n) is 4.73. The van der Waals surface area contributed by atoms with Crippen LogP contribution in [0.15, 0.2) is 18.2 Å². The van der Waals surface area contributed by atoms with E-state index in [-0.39, 0.29) is 0 Å². The largest absolute Gasteiger partial charge is 0.399 e. The van der Waals surface area contributed by atoms with Gasteiger partial charge >= 0.3 is 0 Å². The van der Waals surface area contributed by atoms with Crippen LogP contribution in [0.25, 0.3) is 0 Å². The molecule has 1 aliphatic rings. The van der Waals surface area contributed by atoms with E-state index in [0.717, 1.165) is 17.8 Å². The van der Waals surface area contributed by atoms with Gasteiger partial charge in [0, 0.05) is 24.0 Å². The molecule has 3 heteroatoms. The van der Waals surface area contributed by atoms with Gasteiger partial charge in [0.15, 0.2) is 0 Å². The molecule has 1 fully saturated rings. The normalized spacial score (nSPS) is 21.2. The number of hydrogen-bond donors (Lipinski definition) is 2. The van der Waals surface area contributed by atoms with Gasteiger partial charge in [0.05, 0.1) is 0 Å². The Morgan fingerprint density at radius 3 is 2.94 bits per heavy atom. The number of nitrogen functional groups attached to an aromatic ring is 1. The van der Waals surface area contributed by atoms with Crippen molar-refractivity contribution in [2.24, 2.45) is 0 Å². The molecular weight excluding hydrogens is 198 g/mol. The molecule has 0 bridgehead atoms. The van der Waals surface area contributed by atoms with Gasteiger partial charge in [-0.1, -0.05) is 0 Å². The van der Waals surface area contributed by atoms with Gasteiger partial charge in [0.25, 0.3) is 0 Å². The minimum absolute atomic E-state index is 0.679. The van der Waals surface area contributed by atoms with E-state index in [0.29, 0.717) is 6.04 Å². The van der Waals surface area contributed by atoms with Crippen LogP contribution in [0, 0.1) is 6.92 Å². The predicted octanol–water partition coefficient (Wildman–Crippen LogP) is 2.08. The Labute approximate surface area is 97.6 Å². The fraction of sp³-hybridized carbons (Fsp3) is 0.538. The molecule has 1 saturated heterocycles. The smallest absolute Gasteiger partial charge is 0.0345 e. The molecule has 2 rings (SSSR count). The zero-order chi connectivity index (χ0) is 11.5. The second-order valence-corrected chi connectivity index (χ2v) is 4.73. The first-order chi connectivity index (χ1) is 7.66. The maximum atomic E-state index is 5.79. The van der Waals surface area contributed by atoms with E-state index in [1.54, 1.807) is 0 Å². The lowest BCUT2D eigenvalue weighted by atomic mass is 10.1. The van der Waals surface area contributed by atoms with Gasteiger partial charge in [-0.05, 0) is 57.1 Å². The highest BCUT2D eigenvalue weighted by molar-refractivity contribution is 5.56. The van der Waals surface area contributed by atoms with Crippen molar-refractivity contribution in [2.45, 2.75) is 25.8 Å². The van der Waals surface area contributed by atoms with E-state index in [4.69, 9.17) is 5.73 Å². The van der Waals surface area contributed by atoms with Crippen LogP contribution in [0.4, 0.5) is 11.4 Å². The lowest BCUT2D eigenvalue weighted by Crippen LogP contribution is -2.31. The first-order valence-electron chi connectivity index (χ1n) is 5.97. The number of hydrogen-bond acceptors (Lipinski definition) is 3. The molecular formula is C13H21N3. The highest BCUT2D eigenvalue weighted by Gasteiger charge is 2.19. The Hall–Kier alpha value is -1.22. The fourth-order valence-electron chi connectivity index (χ4n) is 2.26. The molecule has 1 unspecified atom stereocenters. The summed E-state index contributed by atoms with van der Waals surface area (Å²) in [5.41, 5.74) is 8.97. The molecule has 3 N–H and O–H groups in total. The number of anilines is 2. The number of likely N-dealkylation sites (N-methyl/N-ethyl adjacent to an activating group) is 1. The zero-order valence-corrected chi connectivity index (χ0v) is 10.2. The topological polar surface area (TPSA) is 41.3 Å². The van der Waals surface area contributed by atoms with Crippen molar-refractivity contribution in [3.05, 3.63) is 23.8 Å². The number of nitrogens with zero attached hydrogens (tertiary/aromatic N) is 1. The summed E-state index contributed by atoms with van der Waals surface area (Å²) in [7, 11) is 2.20. The summed E-state index contributed by atoms with van der Waals surface area (Å²) in [6.45, 7) is 4.30. The van der Waals surface area contributed by atoms with Crippen molar-refractivity contribution in [2.75, 3.05) is 31.2 Å². The molecule has 0 amide bonds. The molecule has 3 nitrogen and oxygen atoms in total. The van der Waals surface area contributed by atoms with Crippen LogP contribution in [0.1, 0.15) is 18.4 Å². The molecule has 1 heterocycles. The number of rotatable bonds is 3. The van der Waals surface area contributed by atoms with E-state index in [9.17, 15) is 0 Å². The highest BCUT2D eigenvalue weighted by atomic mass is 15.2. The highest BCUT2D eigenvalue weighted by Crippen LogP contribution is 2.19. The van der Waals surface area contributed by atoms with Gasteiger partial charge < -0.3 is 16.0 Å². The minimum Gasteiger partial charge on any atom is -0.399 e. The summed E-state index contributed by atoms with van der Waals surface area (Å²) in [4.78, 5) is 2.43. The summed E-state index contributed by atoms with van der Waals surface area (Å²) in [5.74, 6) is 0. The van der Waals surface area contributed by atoms with Crippen LogP contribution in [-0.4, -0.2) is 31.1 Å². The molecule has 0 spiro atoms. The summed E-state index contributed by atoms with van der Waals surface area (Å²) < 4.78 is 0. The van der Waals surface area contributed by atoms with Crippen molar-refractivity contribution < 1.29 is 0 Å². The fourth-order valence-corrected chi connectivity index (χ4v) is 2.26. The van der Waals surface area contributed by atoms with Crippen LogP contribution >= 0.6 is 0 Å². The maximum absolute atomic E-state index is 5.79. The SMILES string of the molecule is Cc1cc(NCC2CCCN2C)ccc1N. The molecule has 0 radical (unpaired) electrons. The Kier molecular flexibility index (Phi) is 3.34. The van der Waals surface area contributed by atoms with Gasteiger partial charge in [0.1, 0.15) is 0 Å². The van der Waals surface area contributed by atoms with Crippen LogP contribution in [-0.2, 0) is 0 Å². The monoisotopic (exact) mass is 219 g/mol. The van der Waals surface area contributed by atoms with Crippen LogP contribution < -0.4 is 11.1 Å². The quantitative estimate of drug-likeness (QED) is 0.765. The molecule has 0 aliphatic carbocycles. The third-order valence-electron chi connectivity index (χ3n) is 3.48. The van der Waals surface area contributed by atoms with Crippen molar-refractivity contribution in [1.29, 1.82) is 0 Å². The van der Waals surface area contributed by atoms with Gasteiger partial charge in [-0.25, -0.2) is 0 Å². The Balaban J connectivity index is 1.91. The number of benzene rings is 1. The van der Waals surface area contributed by atoms with E-state index >= 15 is 0 Å². The van der Waals surface area contributed by atoms with Crippen molar-refractivity contribution in [3.63, 3.8) is 0 Å².